The zero-order chi connectivity index (χ0) is 17.5. The summed E-state index contributed by atoms with van der Waals surface area (Å²) in [6.45, 7) is 6.81. The molecule has 1 rings (SSSR count). The van der Waals surface area contributed by atoms with Gasteiger partial charge in [-0.2, -0.15) is 0 Å². The van der Waals surface area contributed by atoms with Gasteiger partial charge in [-0.05, 0) is 30.5 Å². The van der Waals surface area contributed by atoms with Gasteiger partial charge in [0.15, 0.2) is 11.5 Å². The molecule has 2 heteroatoms. The minimum atomic E-state index is 0.771. The molecule has 0 heterocycles. The molecule has 24 heavy (non-hydrogen) atoms. The smallest absolute Gasteiger partial charge is 0.161 e. The van der Waals surface area contributed by atoms with E-state index in [1.54, 1.807) is 7.11 Å². The van der Waals surface area contributed by atoms with Crippen LogP contribution in [0.2, 0.25) is 0 Å². The summed E-state index contributed by atoms with van der Waals surface area (Å²) >= 11 is 0. The van der Waals surface area contributed by atoms with Gasteiger partial charge in [-0.3, -0.25) is 0 Å². The van der Waals surface area contributed by atoms with E-state index in [4.69, 9.17) is 9.47 Å². The molecule has 0 saturated heterocycles. The largest absolute Gasteiger partial charge is 0.493 e. The van der Waals surface area contributed by atoms with Crippen LogP contribution in [0, 0.1) is 0 Å². The molecule has 0 aromatic heterocycles. The first-order valence-corrected chi connectivity index (χ1v) is 9.72. The quantitative estimate of drug-likeness (QED) is 0.262. The lowest BCUT2D eigenvalue weighted by Gasteiger charge is -2.12. The molecule has 0 bridgehead atoms. The summed E-state index contributed by atoms with van der Waals surface area (Å²) in [5, 5.41) is 0. The van der Waals surface area contributed by atoms with Crippen molar-refractivity contribution in [3.8, 4) is 11.5 Å². The van der Waals surface area contributed by atoms with Crippen molar-refractivity contribution in [2.45, 2.75) is 77.6 Å². The number of benzene rings is 1. The highest BCUT2D eigenvalue weighted by Gasteiger charge is 2.05. The van der Waals surface area contributed by atoms with E-state index in [-0.39, 0.29) is 0 Å². The van der Waals surface area contributed by atoms with Crippen LogP contribution < -0.4 is 9.47 Å². The number of unbranched alkanes of at least 4 members (excludes halogenated alkanes) is 9. The molecule has 0 aliphatic rings. The summed E-state index contributed by atoms with van der Waals surface area (Å²) in [5.41, 5.74) is 1.20. The first kappa shape index (κ1) is 20.6. The van der Waals surface area contributed by atoms with Crippen molar-refractivity contribution < 1.29 is 9.47 Å². The molecular formula is C22H36O2. The van der Waals surface area contributed by atoms with E-state index in [1.165, 1.54) is 63.4 Å². The van der Waals surface area contributed by atoms with Crippen LogP contribution in [0.5, 0.6) is 11.5 Å². The third kappa shape index (κ3) is 9.00. The minimum absolute atomic E-state index is 0.771. The Morgan fingerprint density at radius 2 is 1.50 bits per heavy atom. The maximum atomic E-state index is 5.88. The fourth-order valence-electron chi connectivity index (χ4n) is 2.90. The number of hydrogen-bond acceptors (Lipinski definition) is 2. The van der Waals surface area contributed by atoms with Crippen molar-refractivity contribution in [2.75, 3.05) is 13.7 Å². The molecule has 0 amide bonds. The average molecular weight is 333 g/mol. The number of rotatable bonds is 15. The number of hydrogen-bond donors (Lipinski definition) is 0. The Morgan fingerprint density at radius 1 is 0.875 bits per heavy atom. The highest BCUT2D eigenvalue weighted by atomic mass is 16.5. The molecule has 136 valence electrons. The third-order valence-corrected chi connectivity index (χ3v) is 4.36. The van der Waals surface area contributed by atoms with Crippen LogP contribution >= 0.6 is 0 Å². The summed E-state index contributed by atoms with van der Waals surface area (Å²) in [6, 6.07) is 6.13. The molecule has 0 saturated carbocycles. The zero-order valence-electron chi connectivity index (χ0n) is 15.8. The van der Waals surface area contributed by atoms with Gasteiger partial charge >= 0.3 is 0 Å². The molecule has 1 aromatic rings. The van der Waals surface area contributed by atoms with E-state index in [1.807, 2.05) is 18.2 Å². The van der Waals surface area contributed by atoms with Crippen LogP contribution in [0.3, 0.4) is 0 Å². The van der Waals surface area contributed by atoms with Crippen molar-refractivity contribution in [3.05, 3.63) is 36.4 Å². The van der Waals surface area contributed by atoms with Crippen LogP contribution in [0.4, 0.5) is 0 Å². The van der Waals surface area contributed by atoms with Crippen LogP contribution in [0.15, 0.2) is 30.9 Å². The lowest BCUT2D eigenvalue weighted by atomic mass is 10.1. The Labute approximate surface area is 149 Å². The van der Waals surface area contributed by atoms with E-state index < -0.39 is 0 Å². The molecule has 0 unspecified atom stereocenters. The first-order chi connectivity index (χ1) is 11.8. The topological polar surface area (TPSA) is 18.5 Å². The number of ether oxygens (including phenoxy) is 2. The van der Waals surface area contributed by atoms with Gasteiger partial charge in [-0.25, -0.2) is 0 Å². The van der Waals surface area contributed by atoms with Crippen LogP contribution in [-0.2, 0) is 6.42 Å². The van der Waals surface area contributed by atoms with Crippen molar-refractivity contribution in [3.63, 3.8) is 0 Å². The molecule has 1 aromatic carbocycles. The van der Waals surface area contributed by atoms with Gasteiger partial charge in [0.1, 0.15) is 0 Å². The molecule has 0 fully saturated rings. The Kier molecular flexibility index (Phi) is 12.0. The highest BCUT2D eigenvalue weighted by molar-refractivity contribution is 5.43. The second-order valence-electron chi connectivity index (χ2n) is 6.51. The molecule has 0 spiro atoms. The van der Waals surface area contributed by atoms with Gasteiger partial charge in [0.05, 0.1) is 13.7 Å². The lowest BCUT2D eigenvalue weighted by molar-refractivity contribution is 0.284. The van der Waals surface area contributed by atoms with Gasteiger partial charge in [-0.15, -0.1) is 6.58 Å². The van der Waals surface area contributed by atoms with E-state index in [0.717, 1.165) is 30.9 Å². The third-order valence-electron chi connectivity index (χ3n) is 4.36. The highest BCUT2D eigenvalue weighted by Crippen LogP contribution is 2.28. The molecule has 0 aliphatic heterocycles. The normalized spacial score (nSPS) is 10.6. The molecule has 0 atom stereocenters. The van der Waals surface area contributed by atoms with Crippen molar-refractivity contribution in [1.82, 2.24) is 0 Å². The van der Waals surface area contributed by atoms with E-state index in [9.17, 15) is 0 Å². The van der Waals surface area contributed by atoms with Gasteiger partial charge < -0.3 is 9.47 Å². The summed E-state index contributed by atoms with van der Waals surface area (Å²) in [7, 11) is 1.69. The molecule has 0 radical (unpaired) electrons. The Hall–Kier alpha value is -1.44. The maximum Gasteiger partial charge on any atom is 0.161 e. The monoisotopic (exact) mass is 332 g/mol. The summed E-state index contributed by atoms with van der Waals surface area (Å²) < 4.78 is 11.3. The van der Waals surface area contributed by atoms with Crippen molar-refractivity contribution in [1.29, 1.82) is 0 Å². The maximum absolute atomic E-state index is 5.88. The second-order valence-corrected chi connectivity index (χ2v) is 6.51. The van der Waals surface area contributed by atoms with Crippen LogP contribution in [-0.4, -0.2) is 13.7 Å². The SMILES string of the molecule is C=CCc1ccc(OCCCCCCCCCCCC)c(OC)c1. The van der Waals surface area contributed by atoms with Crippen LogP contribution in [0.25, 0.3) is 0 Å². The Balaban J connectivity index is 2.09. The lowest BCUT2D eigenvalue weighted by Crippen LogP contribution is -2.00. The van der Waals surface area contributed by atoms with Crippen LogP contribution in [0.1, 0.15) is 76.7 Å². The zero-order valence-corrected chi connectivity index (χ0v) is 15.8. The number of allylic oxidation sites excluding steroid dienone is 1. The van der Waals surface area contributed by atoms with E-state index in [2.05, 4.69) is 19.6 Å². The molecular weight excluding hydrogens is 296 g/mol. The average Bonchev–Trinajstić information content (AvgIpc) is 2.60. The standard InChI is InChI=1S/C22H36O2/c1-4-6-7-8-9-10-11-12-13-14-18-24-21-17-16-20(15-5-2)19-22(21)23-3/h5,16-17,19H,2,4,6-15,18H2,1,3H3. The van der Waals surface area contributed by atoms with Gasteiger partial charge in [-0.1, -0.05) is 76.9 Å². The van der Waals surface area contributed by atoms with Crippen molar-refractivity contribution >= 4 is 0 Å². The fourth-order valence-corrected chi connectivity index (χ4v) is 2.90. The molecule has 0 aliphatic carbocycles. The van der Waals surface area contributed by atoms with Gasteiger partial charge in [0.25, 0.3) is 0 Å². The minimum Gasteiger partial charge on any atom is -0.493 e. The summed E-state index contributed by atoms with van der Waals surface area (Å²) in [4.78, 5) is 0. The van der Waals surface area contributed by atoms with E-state index >= 15 is 0 Å². The summed E-state index contributed by atoms with van der Waals surface area (Å²) in [5.74, 6) is 1.67. The summed E-state index contributed by atoms with van der Waals surface area (Å²) in [6.07, 6.45) is 16.2. The molecule has 2 nitrogen and oxygen atoms in total. The van der Waals surface area contributed by atoms with E-state index in [0.29, 0.717) is 0 Å². The Bertz CT molecular complexity index is 440. The second kappa shape index (κ2) is 13.9. The number of methoxy groups -OCH3 is 1. The van der Waals surface area contributed by atoms with Crippen molar-refractivity contribution in [2.24, 2.45) is 0 Å². The fraction of sp³-hybridized carbons (Fsp3) is 0.636. The first-order valence-electron chi connectivity index (χ1n) is 9.72. The molecule has 0 N–H and O–H groups in total. The van der Waals surface area contributed by atoms with Gasteiger partial charge in [0.2, 0.25) is 0 Å². The van der Waals surface area contributed by atoms with Gasteiger partial charge in [0, 0.05) is 0 Å². The predicted octanol–water partition coefficient (Wildman–Crippen LogP) is 6.72. The predicted molar refractivity (Wildman–Crippen MR) is 104 cm³/mol. The Morgan fingerprint density at radius 3 is 2.08 bits per heavy atom.